The molecule has 0 spiro atoms. The van der Waals surface area contributed by atoms with E-state index in [0.29, 0.717) is 21.5 Å². The number of aromatic amines is 7. The molecule has 9 aromatic carbocycles. The monoisotopic (exact) mass is 1720 g/mol. The number of benzene rings is 9. The van der Waals surface area contributed by atoms with Gasteiger partial charge in [-0.1, -0.05) is 40.9 Å². The predicted octanol–water partition coefficient (Wildman–Crippen LogP) is 22.4. The Labute approximate surface area is 737 Å². The molecule has 14 heterocycles. The van der Waals surface area contributed by atoms with Crippen LogP contribution in [0.25, 0.3) is 197 Å². The maximum absolute atomic E-state index is 14.5. The van der Waals surface area contributed by atoms with E-state index in [9.17, 15) is 9.50 Å². The predicted molar refractivity (Wildman–Crippen MR) is 511 cm³/mol. The molecule has 0 amide bonds. The third-order valence-corrected chi connectivity index (χ3v) is 28.5. The Bertz CT molecular complexity index is 8220. The van der Waals surface area contributed by atoms with E-state index in [-0.39, 0.29) is 5.75 Å². The minimum absolute atomic E-state index is 0.0731. The highest BCUT2D eigenvalue weighted by Gasteiger charge is 2.29. The number of nitrogens with one attached hydrogen (secondary N) is 7. The van der Waals surface area contributed by atoms with Crippen molar-refractivity contribution in [3.63, 3.8) is 0 Å². The molecule has 0 unspecified atom stereocenters. The number of hydrogen-bond acceptors (Lipinski definition) is 19. The van der Waals surface area contributed by atoms with Gasteiger partial charge >= 0.3 is 0 Å². The summed E-state index contributed by atoms with van der Waals surface area (Å²) >= 11 is 3.06. The molecular weight excluding hydrogens is 1630 g/mol. The second kappa shape index (κ2) is 31.4. The first-order chi connectivity index (χ1) is 63.0. The lowest BCUT2D eigenvalue weighted by atomic mass is 9.85. The number of aromatic hydroxyl groups is 1. The summed E-state index contributed by atoms with van der Waals surface area (Å²) in [5.41, 5.74) is 50.1. The average molecular weight is 1720 g/mol. The van der Waals surface area contributed by atoms with E-state index in [4.69, 9.17) is 36.4 Å². The van der Waals surface area contributed by atoms with Gasteiger partial charge in [-0.15, -0.1) is 0 Å². The van der Waals surface area contributed by atoms with Gasteiger partial charge in [-0.05, 0) is 300 Å². The minimum Gasteiger partial charge on any atom is -0.508 e. The number of halogens is 1. The summed E-state index contributed by atoms with van der Waals surface area (Å²) in [4.78, 5) is 33.9. The molecule has 0 atom stereocenters. The quantitative estimate of drug-likeness (QED) is 0.0765. The van der Waals surface area contributed by atoms with Crippen LogP contribution in [-0.2, 0) is 64.2 Å². The normalized spacial score (nSPS) is 14.3. The topological polar surface area (TPSA) is 363 Å². The number of aromatic nitrogens is 21. The summed E-state index contributed by atoms with van der Waals surface area (Å²) in [6.07, 6.45) is 36.0. The largest absolute Gasteiger partial charge is 0.508 e. The smallest absolute Gasteiger partial charge is 0.181 e. The van der Waals surface area contributed by atoms with E-state index >= 15 is 0 Å². The molecule has 14 aromatic heterocycles. The van der Waals surface area contributed by atoms with Gasteiger partial charge in [0.25, 0.3) is 0 Å². The molecule has 0 saturated carbocycles. The van der Waals surface area contributed by atoms with Gasteiger partial charge in [-0.2, -0.15) is 35.7 Å². The van der Waals surface area contributed by atoms with E-state index < -0.39 is 5.82 Å². The third kappa shape index (κ3) is 13.2. The Kier molecular flexibility index (Phi) is 18.8. The van der Waals surface area contributed by atoms with Crippen LogP contribution in [0.4, 0.5) is 14.7 Å². The van der Waals surface area contributed by atoms with Crippen molar-refractivity contribution in [2.24, 2.45) is 0 Å². The van der Waals surface area contributed by atoms with Gasteiger partial charge in [0.05, 0.1) is 153 Å². The zero-order chi connectivity index (χ0) is 85.4. The van der Waals surface area contributed by atoms with E-state index in [2.05, 4.69) is 191 Å². The van der Waals surface area contributed by atoms with Crippen LogP contribution in [0.1, 0.15) is 126 Å². The van der Waals surface area contributed by atoms with Crippen LogP contribution in [0.2, 0.25) is 0 Å². The molecule has 0 fully saturated rings. The average Bonchev–Trinajstić information content (AvgIpc) is 1.44. The van der Waals surface area contributed by atoms with Gasteiger partial charge in [-0.3, -0.25) is 35.7 Å². The molecule has 28 rings (SSSR count). The fraction of sp³-hybridized carbons (Fsp3) is 0.208. The summed E-state index contributed by atoms with van der Waals surface area (Å²) in [5, 5.41) is 74.8. The van der Waals surface area contributed by atoms with Crippen molar-refractivity contribution in [2.75, 3.05) is 11.5 Å². The van der Waals surface area contributed by atoms with Gasteiger partial charge in [0.1, 0.15) is 11.6 Å². The van der Waals surface area contributed by atoms with Crippen LogP contribution in [0, 0.1) is 12.7 Å². The number of nitrogen functional groups attached to an aromatic ring is 2. The Balaban J connectivity index is 0.0000000892. The lowest BCUT2D eigenvalue weighted by molar-refractivity contribution is 0.469. The summed E-state index contributed by atoms with van der Waals surface area (Å²) in [5.74, 6) is -0.514. The highest BCUT2D eigenvalue weighted by atomic mass is 32.1. The van der Waals surface area contributed by atoms with Crippen LogP contribution in [-0.4, -0.2) is 111 Å². The highest BCUT2D eigenvalue weighted by molar-refractivity contribution is 7.22. The molecular formula is C101H84FN23OS2. The maximum atomic E-state index is 14.5. The molecule has 27 heteroatoms. The summed E-state index contributed by atoms with van der Waals surface area (Å²) in [6, 6.07) is 44.1. The molecule has 0 aliphatic heterocycles. The lowest BCUT2D eigenvalue weighted by Gasteiger charge is -2.22. The van der Waals surface area contributed by atoms with E-state index in [0.717, 1.165) is 231 Å². The van der Waals surface area contributed by atoms with Gasteiger partial charge in [0, 0.05) is 98.8 Å². The zero-order valence-corrected chi connectivity index (χ0v) is 71.6. The van der Waals surface area contributed by atoms with Crippen molar-refractivity contribution in [2.45, 2.75) is 135 Å². The molecule has 0 bridgehead atoms. The number of thiazole rings is 2. The number of phenols is 1. The number of aryl methyl sites for hydroxylation is 6. The number of H-pyrrole nitrogens is 7. The van der Waals surface area contributed by atoms with Gasteiger partial charge in [0.2, 0.25) is 0 Å². The first-order valence-corrected chi connectivity index (χ1v) is 45.8. The van der Waals surface area contributed by atoms with E-state index in [1.807, 2.05) is 55.5 Å². The number of rotatable bonds is 5. The summed E-state index contributed by atoms with van der Waals surface area (Å²) in [7, 11) is 0. The van der Waals surface area contributed by atoms with Crippen LogP contribution in [0.5, 0.6) is 5.75 Å². The first kappa shape index (κ1) is 76.8. The molecule has 128 heavy (non-hydrogen) atoms. The summed E-state index contributed by atoms with van der Waals surface area (Å²) in [6.45, 7) is 2.06. The Hall–Kier alpha value is -14.8. The SMILES string of the molecule is Cc1[nH]ncc1-c1nc2ccc3[nH]ncc3c2c2c1CCCC2.Nc1nc2ccc(-c3nc4ccc5[nH]ncc5c4c4c3CCCC4)cc2s1.Nc1nc2ccc(-c3nc4ccc5[nH]ncc5c4c4c3CCCC4)cc2s1.Oc1ccc(-c2nc3ccc4[nH]ncc4c3c3c2CCCC3)c(F)c1.c1cc2[nH]ncc2cc1-c1nc2ccc3[nH]ncc3c2c2c1CCCC2. The molecule has 5 aliphatic rings. The van der Waals surface area contributed by atoms with Crippen LogP contribution < -0.4 is 11.5 Å². The van der Waals surface area contributed by atoms with Crippen molar-refractivity contribution in [1.82, 2.24) is 106 Å². The number of fused-ring (bicyclic) bond motifs is 28. The number of anilines is 2. The number of hydrogen-bond donors (Lipinski definition) is 10. The number of nitrogens with zero attached hydrogens (tertiary/aromatic N) is 14. The van der Waals surface area contributed by atoms with Gasteiger partial charge < -0.3 is 16.6 Å². The van der Waals surface area contributed by atoms with Crippen molar-refractivity contribution in [3.05, 3.63) is 244 Å². The third-order valence-electron chi connectivity index (χ3n) is 26.8. The number of phenolic OH excluding ortho intramolecular Hbond substituents is 1. The molecule has 5 aliphatic carbocycles. The van der Waals surface area contributed by atoms with Crippen LogP contribution >= 0.6 is 22.7 Å². The lowest BCUT2D eigenvalue weighted by Crippen LogP contribution is -2.08. The van der Waals surface area contributed by atoms with Crippen LogP contribution in [0.3, 0.4) is 0 Å². The van der Waals surface area contributed by atoms with Crippen molar-refractivity contribution in [3.8, 4) is 62.0 Å². The number of nitrogens with two attached hydrogens (primary N) is 2. The first-order valence-electron chi connectivity index (χ1n) is 44.1. The second-order valence-electron chi connectivity index (χ2n) is 34.3. The van der Waals surface area contributed by atoms with E-state index in [1.165, 1.54) is 179 Å². The standard InChI is InChI=1S/2C21H17N5S.C21H17N5.C20H16FN3O.C18H17N5/c2*22-21-25-16-6-5-11(9-18(16)27-21)20-13-4-2-1-3-12(13)19-14-10-23-26-15(14)7-8-17(19)24-20;1-2-4-15-14(3-1)20-16-11-23-26-18(16)7-8-19(20)24-21(15)12-5-6-17-13(9-12)10-22-25-17;21-16-9-11(25)5-6-14(16)20-13-4-2-1-3-12(13)19-15-10-22-24-17(15)7-8-18(19)23-20;1-10-13(8-19-22-10)18-12-5-3-2-4-11(12)17-14-9-20-23-15(14)6-7-16(17)21-18/h2*5-10H,1-4H2,(H2,22,25)(H,23,26);5-11H,1-4H2,(H,22,25)(H,23,26);5-10,25H,1-4H2,(H,22,24);6-9H,2-5H2,1H3,(H,19,22)(H,20,23). The fourth-order valence-corrected chi connectivity index (χ4v) is 22.5. The molecule has 0 radical (unpaired) electrons. The molecule has 12 N–H and O–H groups in total. The van der Waals surface area contributed by atoms with Crippen LogP contribution in [0.15, 0.2) is 177 Å². The van der Waals surface area contributed by atoms with Crippen molar-refractivity contribution < 1.29 is 9.50 Å². The second-order valence-corrected chi connectivity index (χ2v) is 36.4. The van der Waals surface area contributed by atoms with Crippen molar-refractivity contribution in [1.29, 1.82) is 0 Å². The Morgan fingerprint density at radius 3 is 0.945 bits per heavy atom. The highest BCUT2D eigenvalue weighted by Crippen LogP contribution is 2.47. The molecule has 0 saturated heterocycles. The Morgan fingerprint density at radius 1 is 0.289 bits per heavy atom. The molecule has 23 aromatic rings. The van der Waals surface area contributed by atoms with Crippen molar-refractivity contribution >= 4 is 173 Å². The molecule has 24 nitrogen and oxygen atoms in total. The number of pyridine rings is 5. The van der Waals surface area contributed by atoms with Gasteiger partial charge in [-0.25, -0.2) is 39.3 Å². The Morgan fingerprint density at radius 2 is 0.586 bits per heavy atom. The zero-order valence-electron chi connectivity index (χ0n) is 69.9. The molecule has 628 valence electrons. The maximum Gasteiger partial charge on any atom is 0.181 e. The minimum atomic E-state index is -0.441. The van der Waals surface area contributed by atoms with E-state index in [1.54, 1.807) is 6.07 Å². The fourth-order valence-electron chi connectivity index (χ4n) is 21.0. The van der Waals surface area contributed by atoms with Gasteiger partial charge in [0.15, 0.2) is 10.3 Å². The summed E-state index contributed by atoms with van der Waals surface area (Å²) < 4.78 is 16.7.